The lowest BCUT2D eigenvalue weighted by Crippen LogP contribution is -1.89. The van der Waals surface area contributed by atoms with Gasteiger partial charge in [-0.15, -0.1) is 11.6 Å². The summed E-state index contributed by atoms with van der Waals surface area (Å²) in [6.07, 6.45) is 0. The summed E-state index contributed by atoms with van der Waals surface area (Å²) in [4.78, 5) is 8.20. The molecule has 0 aliphatic carbocycles. The number of aliphatic hydroxyl groups is 1. The Bertz CT molecular complexity index is 443. The molecule has 0 fully saturated rings. The van der Waals surface area contributed by atoms with Gasteiger partial charge in [-0.3, -0.25) is 9.97 Å². The molecule has 0 saturated heterocycles. The van der Waals surface area contributed by atoms with Crippen LogP contribution in [0.15, 0.2) is 36.4 Å². The number of hydrogen-bond donors (Lipinski definition) is 1. The molecule has 0 unspecified atom stereocenters. The molecule has 2 aromatic heterocycles. The highest BCUT2D eigenvalue weighted by atomic mass is 35.5. The summed E-state index contributed by atoms with van der Waals surface area (Å²) in [5.74, 6) is 0.502. The van der Waals surface area contributed by atoms with Gasteiger partial charge in [0.1, 0.15) is 0 Å². The van der Waals surface area contributed by atoms with Crippen molar-refractivity contribution in [2.45, 2.75) is 26.3 Å². The number of aromatic nitrogens is 2. The highest BCUT2D eigenvalue weighted by Crippen LogP contribution is 2.00. The SMILES string of the molecule is Cc1cccc(CCl)n1.Cc1cccc(CO)n1. The highest BCUT2D eigenvalue weighted by molar-refractivity contribution is 6.16. The third kappa shape index (κ3) is 5.25. The third-order valence-corrected chi connectivity index (χ3v) is 2.46. The molecule has 96 valence electrons. The van der Waals surface area contributed by atoms with E-state index in [2.05, 4.69) is 9.97 Å². The first-order valence-corrected chi connectivity index (χ1v) is 6.21. The third-order valence-electron chi connectivity index (χ3n) is 2.19. The average molecular weight is 265 g/mol. The van der Waals surface area contributed by atoms with Gasteiger partial charge in [0.2, 0.25) is 0 Å². The zero-order valence-electron chi connectivity index (χ0n) is 10.6. The van der Waals surface area contributed by atoms with E-state index in [0.717, 1.165) is 22.8 Å². The molecule has 2 heterocycles. The Hall–Kier alpha value is -1.45. The van der Waals surface area contributed by atoms with Crippen molar-refractivity contribution >= 4 is 11.6 Å². The number of aryl methyl sites for hydroxylation is 2. The van der Waals surface area contributed by atoms with Crippen LogP contribution >= 0.6 is 11.6 Å². The second-order valence-electron chi connectivity index (χ2n) is 3.83. The number of hydrogen-bond acceptors (Lipinski definition) is 3. The van der Waals surface area contributed by atoms with Crippen LogP contribution in [0, 0.1) is 13.8 Å². The lowest BCUT2D eigenvalue weighted by molar-refractivity contribution is 0.276. The van der Waals surface area contributed by atoms with Crippen LogP contribution in [0.4, 0.5) is 0 Å². The molecule has 3 nitrogen and oxygen atoms in total. The lowest BCUT2D eigenvalue weighted by Gasteiger charge is -1.93. The molecule has 0 saturated carbocycles. The summed E-state index contributed by atoms with van der Waals surface area (Å²) in [6, 6.07) is 11.4. The molecule has 0 radical (unpaired) electrons. The Kier molecular flexibility index (Phi) is 6.33. The van der Waals surface area contributed by atoms with Crippen molar-refractivity contribution in [3.8, 4) is 0 Å². The van der Waals surface area contributed by atoms with Gasteiger partial charge in [-0.2, -0.15) is 0 Å². The summed E-state index contributed by atoms with van der Waals surface area (Å²) in [7, 11) is 0. The lowest BCUT2D eigenvalue weighted by atomic mass is 10.3. The minimum atomic E-state index is 0.0294. The van der Waals surface area contributed by atoms with Gasteiger partial charge in [0.25, 0.3) is 0 Å². The van der Waals surface area contributed by atoms with E-state index >= 15 is 0 Å². The average Bonchev–Trinajstić information content (AvgIpc) is 2.39. The van der Waals surface area contributed by atoms with Crippen molar-refractivity contribution in [1.29, 1.82) is 0 Å². The number of rotatable bonds is 2. The van der Waals surface area contributed by atoms with E-state index in [1.165, 1.54) is 0 Å². The zero-order valence-corrected chi connectivity index (χ0v) is 11.4. The smallest absolute Gasteiger partial charge is 0.0853 e. The fourth-order valence-electron chi connectivity index (χ4n) is 1.36. The van der Waals surface area contributed by atoms with E-state index < -0.39 is 0 Å². The fraction of sp³-hybridized carbons (Fsp3) is 0.286. The molecule has 4 heteroatoms. The van der Waals surface area contributed by atoms with Crippen LogP contribution in [0.3, 0.4) is 0 Å². The van der Waals surface area contributed by atoms with Gasteiger partial charge >= 0.3 is 0 Å². The normalized spacial score (nSPS) is 9.56. The quantitative estimate of drug-likeness (QED) is 0.848. The molecule has 1 N–H and O–H groups in total. The van der Waals surface area contributed by atoms with Gasteiger partial charge in [-0.05, 0) is 38.1 Å². The van der Waals surface area contributed by atoms with E-state index in [4.69, 9.17) is 16.7 Å². The van der Waals surface area contributed by atoms with Crippen LogP contribution in [-0.2, 0) is 12.5 Å². The Morgan fingerprint density at radius 3 is 1.78 bits per heavy atom. The first-order valence-electron chi connectivity index (χ1n) is 5.67. The number of halogens is 1. The van der Waals surface area contributed by atoms with Crippen molar-refractivity contribution in [2.24, 2.45) is 0 Å². The van der Waals surface area contributed by atoms with Crippen molar-refractivity contribution in [3.63, 3.8) is 0 Å². The molecule has 18 heavy (non-hydrogen) atoms. The molecule has 0 aliphatic rings. The number of alkyl halides is 1. The van der Waals surface area contributed by atoms with Crippen LogP contribution in [0.5, 0.6) is 0 Å². The van der Waals surface area contributed by atoms with Gasteiger partial charge in [-0.25, -0.2) is 0 Å². The van der Waals surface area contributed by atoms with Gasteiger partial charge in [-0.1, -0.05) is 12.1 Å². The van der Waals surface area contributed by atoms with Gasteiger partial charge in [0, 0.05) is 11.4 Å². The van der Waals surface area contributed by atoms with Crippen molar-refractivity contribution < 1.29 is 5.11 Å². The van der Waals surface area contributed by atoms with Gasteiger partial charge in [0.05, 0.1) is 23.9 Å². The monoisotopic (exact) mass is 264 g/mol. The highest BCUT2D eigenvalue weighted by Gasteiger charge is 1.89. The molecule has 0 spiro atoms. The molecule has 0 atom stereocenters. The van der Waals surface area contributed by atoms with E-state index in [1.807, 2.05) is 44.2 Å². The minimum Gasteiger partial charge on any atom is -0.390 e. The summed E-state index contributed by atoms with van der Waals surface area (Å²) in [5.41, 5.74) is 3.64. The molecule has 2 aromatic rings. The van der Waals surface area contributed by atoms with E-state index in [0.29, 0.717) is 5.88 Å². The van der Waals surface area contributed by atoms with Crippen molar-refractivity contribution in [2.75, 3.05) is 0 Å². The molecule has 2 rings (SSSR count). The molecular weight excluding hydrogens is 248 g/mol. The van der Waals surface area contributed by atoms with Crippen LogP contribution in [0.2, 0.25) is 0 Å². The standard InChI is InChI=1S/C7H8ClN.C7H9NO/c1-6-3-2-4-7(5-8)9-6;1-6-3-2-4-7(5-9)8-6/h2-4H,5H2,1H3;2-4,9H,5H2,1H3. The Labute approximate surface area is 112 Å². The summed E-state index contributed by atoms with van der Waals surface area (Å²) in [6.45, 7) is 3.89. The molecule has 0 aromatic carbocycles. The second kappa shape index (κ2) is 7.80. The van der Waals surface area contributed by atoms with Crippen LogP contribution < -0.4 is 0 Å². The van der Waals surface area contributed by atoms with Crippen LogP contribution in [-0.4, -0.2) is 15.1 Å². The van der Waals surface area contributed by atoms with Crippen molar-refractivity contribution in [1.82, 2.24) is 9.97 Å². The zero-order chi connectivity index (χ0) is 13.4. The maximum absolute atomic E-state index is 8.60. The fourth-order valence-corrected chi connectivity index (χ4v) is 1.51. The van der Waals surface area contributed by atoms with Crippen LogP contribution in [0.25, 0.3) is 0 Å². The molecular formula is C14H17ClN2O. The van der Waals surface area contributed by atoms with Gasteiger partial charge < -0.3 is 5.11 Å². The topological polar surface area (TPSA) is 46.0 Å². The van der Waals surface area contributed by atoms with E-state index in [1.54, 1.807) is 6.07 Å². The largest absolute Gasteiger partial charge is 0.390 e. The Balaban J connectivity index is 0.000000180. The van der Waals surface area contributed by atoms with Gasteiger partial charge in [0.15, 0.2) is 0 Å². The minimum absolute atomic E-state index is 0.0294. The summed E-state index contributed by atoms with van der Waals surface area (Å²) in [5, 5.41) is 8.60. The molecule has 0 amide bonds. The first-order chi connectivity index (χ1) is 8.65. The predicted molar refractivity (Wildman–Crippen MR) is 73.4 cm³/mol. The van der Waals surface area contributed by atoms with E-state index in [-0.39, 0.29) is 6.61 Å². The Morgan fingerprint density at radius 2 is 1.44 bits per heavy atom. The van der Waals surface area contributed by atoms with E-state index in [9.17, 15) is 0 Å². The number of pyridine rings is 2. The molecule has 0 bridgehead atoms. The van der Waals surface area contributed by atoms with Crippen molar-refractivity contribution in [3.05, 3.63) is 59.2 Å². The maximum Gasteiger partial charge on any atom is 0.0853 e. The first kappa shape index (κ1) is 14.6. The van der Waals surface area contributed by atoms with Crippen LogP contribution in [0.1, 0.15) is 22.8 Å². The predicted octanol–water partition coefficient (Wildman–Crippen LogP) is 3.01. The maximum atomic E-state index is 8.60. The number of nitrogens with zero attached hydrogens (tertiary/aromatic N) is 2. The molecule has 0 aliphatic heterocycles. The second-order valence-corrected chi connectivity index (χ2v) is 4.10. The summed E-state index contributed by atoms with van der Waals surface area (Å²) < 4.78 is 0. The summed E-state index contributed by atoms with van der Waals surface area (Å²) >= 11 is 5.54. The Morgan fingerprint density at radius 1 is 0.944 bits per heavy atom. The number of aliphatic hydroxyl groups excluding tert-OH is 1.